The van der Waals surface area contributed by atoms with E-state index in [9.17, 15) is 24.6 Å². The largest absolute Gasteiger partial charge is 0.394 e. The Morgan fingerprint density at radius 3 is 2.80 bits per heavy atom. The van der Waals surface area contributed by atoms with E-state index in [4.69, 9.17) is 4.74 Å². The van der Waals surface area contributed by atoms with E-state index >= 15 is 0 Å². The van der Waals surface area contributed by atoms with E-state index in [0.717, 1.165) is 4.57 Å². The number of aliphatic hydroxyl groups is 2. The van der Waals surface area contributed by atoms with Gasteiger partial charge in [-0.25, -0.2) is 4.79 Å². The number of aromatic nitrogens is 2. The fraction of sp³-hybridized carbons (Fsp3) is 0.545. The topological polar surface area (TPSA) is 122 Å². The summed E-state index contributed by atoms with van der Waals surface area (Å²) in [6.45, 7) is 0.617. The molecule has 0 aliphatic carbocycles. The highest BCUT2D eigenvalue weighted by molar-refractivity contribution is 9.10. The van der Waals surface area contributed by atoms with Crippen LogP contribution in [-0.2, 0) is 9.53 Å². The van der Waals surface area contributed by atoms with Crippen LogP contribution in [0, 0.1) is 0 Å². The molecule has 2 heterocycles. The molecule has 1 fully saturated rings. The maximum Gasteiger partial charge on any atom is 0.330 e. The van der Waals surface area contributed by atoms with Crippen molar-refractivity contribution in [3.8, 4) is 0 Å². The Hall–Kier alpha value is -1.29. The van der Waals surface area contributed by atoms with Gasteiger partial charge in [0.2, 0.25) is 0 Å². The number of rotatable bonds is 3. The standard InChI is InChI=1S/C11H13BrN2O6/c1-5(16)11(19)2-8(20-7(11)4-15)14-3-6(12)9(17)13-10(14)18/h3,7-8,15,19H,2,4H2,1H3,(H,13,17,18)/t7-,8-,11-/m1/s1. The van der Waals surface area contributed by atoms with E-state index in [1.54, 1.807) is 0 Å². The highest BCUT2D eigenvalue weighted by Crippen LogP contribution is 2.36. The number of H-pyrrole nitrogens is 1. The fourth-order valence-corrected chi connectivity index (χ4v) is 2.47. The zero-order chi connectivity index (χ0) is 15.1. The van der Waals surface area contributed by atoms with Gasteiger partial charge in [0.1, 0.15) is 12.3 Å². The van der Waals surface area contributed by atoms with Gasteiger partial charge in [-0.3, -0.25) is 19.1 Å². The van der Waals surface area contributed by atoms with E-state index < -0.39 is 41.6 Å². The van der Waals surface area contributed by atoms with Crippen LogP contribution in [0.5, 0.6) is 0 Å². The van der Waals surface area contributed by atoms with Gasteiger partial charge in [0.25, 0.3) is 5.56 Å². The Morgan fingerprint density at radius 2 is 2.30 bits per heavy atom. The van der Waals surface area contributed by atoms with Gasteiger partial charge in [-0.15, -0.1) is 0 Å². The van der Waals surface area contributed by atoms with Gasteiger partial charge in [-0.05, 0) is 22.9 Å². The molecule has 0 unspecified atom stereocenters. The van der Waals surface area contributed by atoms with Crippen LogP contribution < -0.4 is 11.2 Å². The molecule has 8 nitrogen and oxygen atoms in total. The molecule has 1 aromatic rings. The van der Waals surface area contributed by atoms with Crippen LogP contribution in [0.25, 0.3) is 0 Å². The van der Waals surface area contributed by atoms with Gasteiger partial charge < -0.3 is 14.9 Å². The summed E-state index contributed by atoms with van der Waals surface area (Å²) in [5, 5.41) is 19.4. The number of carbonyl (C=O) groups excluding carboxylic acids is 1. The summed E-state index contributed by atoms with van der Waals surface area (Å²) in [5.74, 6) is -0.560. The van der Waals surface area contributed by atoms with Crippen molar-refractivity contribution >= 4 is 21.7 Å². The van der Waals surface area contributed by atoms with Crippen LogP contribution in [0.1, 0.15) is 19.6 Å². The van der Waals surface area contributed by atoms with Crippen molar-refractivity contribution in [1.29, 1.82) is 0 Å². The van der Waals surface area contributed by atoms with Crippen molar-refractivity contribution < 1.29 is 19.7 Å². The fourth-order valence-electron chi connectivity index (χ4n) is 2.15. The lowest BCUT2D eigenvalue weighted by Crippen LogP contribution is -2.46. The lowest BCUT2D eigenvalue weighted by atomic mass is 9.91. The lowest BCUT2D eigenvalue weighted by Gasteiger charge is -2.23. The Balaban J connectivity index is 2.42. The van der Waals surface area contributed by atoms with Gasteiger partial charge in [0.05, 0.1) is 11.1 Å². The molecule has 0 radical (unpaired) electrons. The van der Waals surface area contributed by atoms with Gasteiger partial charge in [0.15, 0.2) is 11.4 Å². The molecule has 110 valence electrons. The zero-order valence-corrected chi connectivity index (χ0v) is 12.1. The number of Topliss-reactive ketones (excluding diaryl/α,β-unsaturated/α-hetero) is 1. The molecule has 3 atom stereocenters. The summed E-state index contributed by atoms with van der Waals surface area (Å²) in [5.41, 5.74) is -3.18. The summed E-state index contributed by atoms with van der Waals surface area (Å²) < 4.78 is 6.51. The molecule has 1 aliphatic rings. The van der Waals surface area contributed by atoms with E-state index in [-0.39, 0.29) is 10.9 Å². The highest BCUT2D eigenvalue weighted by Gasteiger charge is 2.51. The van der Waals surface area contributed by atoms with Crippen LogP contribution in [0.4, 0.5) is 0 Å². The van der Waals surface area contributed by atoms with E-state index in [1.807, 2.05) is 0 Å². The first-order valence-electron chi connectivity index (χ1n) is 5.80. The summed E-state index contributed by atoms with van der Waals surface area (Å²) in [6.07, 6.45) is -1.05. The first-order chi connectivity index (χ1) is 9.29. The minimum atomic E-state index is -1.86. The first kappa shape index (κ1) is 15.1. The molecule has 9 heteroatoms. The van der Waals surface area contributed by atoms with E-state index in [1.165, 1.54) is 13.1 Å². The van der Waals surface area contributed by atoms with Crippen LogP contribution in [0.15, 0.2) is 20.3 Å². The molecule has 0 amide bonds. The number of halogens is 1. The molecule has 0 aromatic carbocycles. The SMILES string of the molecule is CC(=O)[C@]1(O)C[C@H](n2cc(Br)c(=O)[nH]c2=O)O[C@@H]1CO. The number of aliphatic hydroxyl groups excluding tert-OH is 1. The number of carbonyl (C=O) groups is 1. The number of hydrogen-bond acceptors (Lipinski definition) is 6. The predicted molar refractivity (Wildman–Crippen MR) is 70.3 cm³/mol. The van der Waals surface area contributed by atoms with E-state index in [2.05, 4.69) is 20.9 Å². The van der Waals surface area contributed by atoms with Gasteiger partial charge in [-0.1, -0.05) is 0 Å². The van der Waals surface area contributed by atoms with Crippen LogP contribution in [0.3, 0.4) is 0 Å². The molecule has 1 aliphatic heterocycles. The molecule has 3 N–H and O–H groups in total. The normalized spacial score (nSPS) is 29.6. The third-order valence-corrected chi connectivity index (χ3v) is 3.91. The minimum Gasteiger partial charge on any atom is -0.394 e. The van der Waals surface area contributed by atoms with E-state index in [0.29, 0.717) is 0 Å². The van der Waals surface area contributed by atoms with Crippen molar-refractivity contribution in [3.05, 3.63) is 31.5 Å². The number of nitrogens with zero attached hydrogens (tertiary/aromatic N) is 1. The van der Waals surface area contributed by atoms with Crippen molar-refractivity contribution in [1.82, 2.24) is 9.55 Å². The van der Waals surface area contributed by atoms with Gasteiger partial charge in [-0.2, -0.15) is 0 Å². The Morgan fingerprint density at radius 1 is 1.65 bits per heavy atom. The summed E-state index contributed by atoms with van der Waals surface area (Å²) in [7, 11) is 0. The van der Waals surface area contributed by atoms with Crippen LogP contribution in [0.2, 0.25) is 0 Å². The molecule has 1 saturated heterocycles. The Labute approximate surface area is 121 Å². The number of aromatic amines is 1. The molecule has 2 rings (SSSR count). The van der Waals surface area contributed by atoms with Crippen molar-refractivity contribution in [2.75, 3.05) is 6.61 Å². The summed E-state index contributed by atoms with van der Waals surface area (Å²) >= 11 is 2.98. The van der Waals surface area contributed by atoms with Crippen molar-refractivity contribution in [2.24, 2.45) is 0 Å². The second-order valence-electron chi connectivity index (χ2n) is 4.59. The smallest absolute Gasteiger partial charge is 0.330 e. The summed E-state index contributed by atoms with van der Waals surface area (Å²) in [6, 6.07) is 0. The maximum absolute atomic E-state index is 11.7. The van der Waals surface area contributed by atoms with Crippen LogP contribution >= 0.6 is 15.9 Å². The molecular formula is C11H13BrN2O6. The second kappa shape index (κ2) is 5.24. The van der Waals surface area contributed by atoms with Gasteiger partial charge >= 0.3 is 5.69 Å². The lowest BCUT2D eigenvalue weighted by molar-refractivity contribution is -0.144. The number of hydrogen-bond donors (Lipinski definition) is 3. The molecule has 1 aromatic heterocycles. The molecule has 0 bridgehead atoms. The number of ether oxygens (including phenoxy) is 1. The quantitative estimate of drug-likeness (QED) is 0.637. The summed E-state index contributed by atoms with van der Waals surface area (Å²) in [4.78, 5) is 36.6. The average molecular weight is 349 g/mol. The second-order valence-corrected chi connectivity index (χ2v) is 5.44. The minimum absolute atomic E-state index is 0.111. The molecular weight excluding hydrogens is 336 g/mol. The van der Waals surface area contributed by atoms with Crippen molar-refractivity contribution in [2.45, 2.75) is 31.3 Å². The predicted octanol–water partition coefficient (Wildman–Crippen LogP) is -1.10. The maximum atomic E-state index is 11.7. The van der Waals surface area contributed by atoms with Crippen LogP contribution in [-0.4, -0.2) is 43.9 Å². The average Bonchev–Trinajstić information content (AvgIpc) is 2.72. The monoisotopic (exact) mass is 348 g/mol. The number of ketones is 1. The first-order valence-corrected chi connectivity index (χ1v) is 6.59. The van der Waals surface area contributed by atoms with Gasteiger partial charge in [0, 0.05) is 12.6 Å². The zero-order valence-electron chi connectivity index (χ0n) is 10.5. The third kappa shape index (κ3) is 2.37. The number of nitrogens with one attached hydrogen (secondary N) is 1. The molecule has 20 heavy (non-hydrogen) atoms. The highest BCUT2D eigenvalue weighted by atomic mass is 79.9. The molecule has 0 saturated carbocycles. The van der Waals surface area contributed by atoms with Crippen molar-refractivity contribution in [3.63, 3.8) is 0 Å². The Kier molecular flexibility index (Phi) is 3.96. The third-order valence-electron chi connectivity index (χ3n) is 3.35. The molecule has 0 spiro atoms. The Bertz CT molecular complexity index is 653.